The second-order valence-electron chi connectivity index (χ2n) is 5.12. The Kier molecular flexibility index (Phi) is 15.1. The Morgan fingerprint density at radius 2 is 1.05 bits per heavy atom. The molecule has 0 N–H and O–H groups in total. The predicted octanol–water partition coefficient (Wildman–Crippen LogP) is 3.97. The summed E-state index contributed by atoms with van der Waals surface area (Å²) in [6.45, 7) is 4.03. The van der Waals surface area contributed by atoms with Crippen molar-refractivity contribution in [2.75, 3.05) is 24.7 Å². The number of thioether (sulfide) groups is 1. The molecule has 0 bridgehead atoms. The van der Waals surface area contributed by atoms with E-state index < -0.39 is 0 Å². The van der Waals surface area contributed by atoms with E-state index in [9.17, 15) is 9.59 Å². The fraction of sp³-hybridized carbons (Fsp3) is 0.875. The fourth-order valence-corrected chi connectivity index (χ4v) is 2.87. The average Bonchev–Trinajstić information content (AvgIpc) is 2.42. The van der Waals surface area contributed by atoms with Crippen LogP contribution in [0.25, 0.3) is 0 Å². The number of hydrogen-bond acceptors (Lipinski definition) is 5. The van der Waals surface area contributed by atoms with E-state index >= 15 is 0 Å². The van der Waals surface area contributed by atoms with Crippen molar-refractivity contribution in [1.29, 1.82) is 0 Å². The van der Waals surface area contributed by atoms with Gasteiger partial charge in [-0.1, -0.05) is 25.7 Å². The summed E-state index contributed by atoms with van der Waals surface area (Å²) in [5.74, 6) is 2.08. The summed E-state index contributed by atoms with van der Waals surface area (Å²) in [6, 6.07) is 0. The van der Waals surface area contributed by atoms with Gasteiger partial charge in [0.05, 0.1) is 13.2 Å². The normalized spacial score (nSPS) is 10.4. The first-order chi connectivity index (χ1) is 10.1. The Labute approximate surface area is 133 Å². The Balaban J connectivity index is 2.99. The fourth-order valence-electron chi connectivity index (χ4n) is 1.85. The molecular weight excluding hydrogens is 288 g/mol. The predicted molar refractivity (Wildman–Crippen MR) is 87.5 cm³/mol. The number of hydrogen-bond donors (Lipinski definition) is 0. The van der Waals surface area contributed by atoms with Crippen molar-refractivity contribution in [1.82, 2.24) is 0 Å². The van der Waals surface area contributed by atoms with E-state index in [0.717, 1.165) is 25.7 Å². The largest absolute Gasteiger partial charge is 0.466 e. The number of carbonyl (C=O) groups is 2. The van der Waals surface area contributed by atoms with E-state index in [-0.39, 0.29) is 11.9 Å². The summed E-state index contributed by atoms with van der Waals surface area (Å²) in [7, 11) is 0. The van der Waals surface area contributed by atoms with Crippen LogP contribution in [0, 0.1) is 0 Å². The first kappa shape index (κ1) is 20.3. The van der Waals surface area contributed by atoms with Crippen molar-refractivity contribution in [3.05, 3.63) is 0 Å². The average molecular weight is 318 g/mol. The maximum atomic E-state index is 10.5. The highest BCUT2D eigenvalue weighted by Crippen LogP contribution is 2.11. The van der Waals surface area contributed by atoms with Crippen LogP contribution in [0.2, 0.25) is 0 Å². The van der Waals surface area contributed by atoms with Gasteiger partial charge in [0.1, 0.15) is 0 Å². The zero-order valence-electron chi connectivity index (χ0n) is 13.5. The van der Waals surface area contributed by atoms with E-state index in [4.69, 9.17) is 9.47 Å². The minimum atomic E-state index is -0.182. The third-order valence-corrected chi connectivity index (χ3v) is 4.13. The molecule has 124 valence electrons. The SMILES string of the molecule is CC(=O)OCCCCCCSCCCCCCOC(C)=O. The van der Waals surface area contributed by atoms with Crippen LogP contribution in [-0.2, 0) is 19.1 Å². The second kappa shape index (κ2) is 15.7. The third kappa shape index (κ3) is 19.3. The van der Waals surface area contributed by atoms with Gasteiger partial charge in [0.2, 0.25) is 0 Å². The van der Waals surface area contributed by atoms with Crippen LogP contribution in [-0.4, -0.2) is 36.7 Å². The van der Waals surface area contributed by atoms with Gasteiger partial charge in [0.15, 0.2) is 0 Å². The van der Waals surface area contributed by atoms with Gasteiger partial charge in [0, 0.05) is 13.8 Å². The van der Waals surface area contributed by atoms with Crippen molar-refractivity contribution >= 4 is 23.7 Å². The van der Waals surface area contributed by atoms with Gasteiger partial charge in [0.25, 0.3) is 0 Å². The Hall–Kier alpha value is -0.710. The van der Waals surface area contributed by atoms with E-state index in [0.29, 0.717) is 13.2 Å². The smallest absolute Gasteiger partial charge is 0.302 e. The van der Waals surface area contributed by atoms with Crippen LogP contribution in [0.3, 0.4) is 0 Å². The molecule has 0 spiro atoms. The van der Waals surface area contributed by atoms with Crippen molar-refractivity contribution in [3.63, 3.8) is 0 Å². The lowest BCUT2D eigenvalue weighted by Crippen LogP contribution is -2.00. The monoisotopic (exact) mass is 318 g/mol. The third-order valence-electron chi connectivity index (χ3n) is 2.98. The Morgan fingerprint density at radius 3 is 1.43 bits per heavy atom. The van der Waals surface area contributed by atoms with Gasteiger partial charge < -0.3 is 9.47 Å². The zero-order chi connectivity index (χ0) is 15.8. The molecule has 0 heterocycles. The number of esters is 2. The van der Waals surface area contributed by atoms with E-state index in [2.05, 4.69) is 0 Å². The molecule has 0 aromatic carbocycles. The zero-order valence-corrected chi connectivity index (χ0v) is 14.3. The number of rotatable bonds is 14. The molecule has 0 aromatic rings. The van der Waals surface area contributed by atoms with E-state index in [1.54, 1.807) is 0 Å². The van der Waals surface area contributed by atoms with Crippen molar-refractivity contribution < 1.29 is 19.1 Å². The lowest BCUT2D eigenvalue weighted by molar-refractivity contribution is -0.142. The molecule has 0 amide bonds. The summed E-state index contributed by atoms with van der Waals surface area (Å²) in [5, 5.41) is 0. The molecule has 0 atom stereocenters. The van der Waals surface area contributed by atoms with Crippen LogP contribution in [0.1, 0.15) is 65.2 Å². The first-order valence-electron chi connectivity index (χ1n) is 7.97. The molecule has 21 heavy (non-hydrogen) atoms. The molecule has 0 unspecified atom stereocenters. The Bertz CT molecular complexity index is 243. The number of ether oxygens (including phenoxy) is 2. The van der Waals surface area contributed by atoms with Crippen LogP contribution in [0.4, 0.5) is 0 Å². The maximum absolute atomic E-state index is 10.5. The molecular formula is C16H30O4S. The topological polar surface area (TPSA) is 52.6 Å². The molecule has 0 fully saturated rings. The molecule has 0 saturated heterocycles. The molecule has 0 rings (SSSR count). The van der Waals surface area contributed by atoms with Crippen LogP contribution in [0.5, 0.6) is 0 Å². The van der Waals surface area contributed by atoms with E-state index in [1.807, 2.05) is 11.8 Å². The molecule has 5 heteroatoms. The second-order valence-corrected chi connectivity index (χ2v) is 6.35. The van der Waals surface area contributed by atoms with Crippen LogP contribution in [0.15, 0.2) is 0 Å². The summed E-state index contributed by atoms with van der Waals surface area (Å²) < 4.78 is 9.77. The van der Waals surface area contributed by atoms with Crippen LogP contribution >= 0.6 is 11.8 Å². The molecule has 4 nitrogen and oxygen atoms in total. The summed E-state index contributed by atoms with van der Waals surface area (Å²) in [5.41, 5.74) is 0. The lowest BCUT2D eigenvalue weighted by atomic mass is 10.2. The number of carbonyl (C=O) groups excluding carboxylic acids is 2. The molecule has 0 aliphatic rings. The summed E-state index contributed by atoms with van der Waals surface area (Å²) >= 11 is 2.02. The minimum Gasteiger partial charge on any atom is -0.466 e. The van der Waals surface area contributed by atoms with Crippen LogP contribution < -0.4 is 0 Å². The van der Waals surface area contributed by atoms with Gasteiger partial charge in [-0.05, 0) is 37.2 Å². The molecule has 0 aliphatic heterocycles. The van der Waals surface area contributed by atoms with E-state index in [1.165, 1.54) is 51.0 Å². The number of unbranched alkanes of at least 4 members (excludes halogenated alkanes) is 6. The maximum Gasteiger partial charge on any atom is 0.302 e. The summed E-state index contributed by atoms with van der Waals surface area (Å²) in [6.07, 6.45) is 9.18. The van der Waals surface area contributed by atoms with Gasteiger partial charge in [-0.25, -0.2) is 0 Å². The van der Waals surface area contributed by atoms with Gasteiger partial charge in [-0.2, -0.15) is 11.8 Å². The highest BCUT2D eigenvalue weighted by molar-refractivity contribution is 7.99. The highest BCUT2D eigenvalue weighted by atomic mass is 32.2. The highest BCUT2D eigenvalue weighted by Gasteiger charge is 1.96. The molecule has 0 aromatic heterocycles. The standard InChI is InChI=1S/C16H30O4S/c1-15(17)19-11-7-3-5-9-13-21-14-10-6-4-8-12-20-16(2)18/h3-14H2,1-2H3. The van der Waals surface area contributed by atoms with Gasteiger partial charge in [-0.15, -0.1) is 0 Å². The molecule has 0 saturated carbocycles. The van der Waals surface area contributed by atoms with Crippen molar-refractivity contribution in [2.24, 2.45) is 0 Å². The summed E-state index contributed by atoms with van der Waals surface area (Å²) in [4.78, 5) is 21.1. The lowest BCUT2D eigenvalue weighted by Gasteiger charge is -2.04. The first-order valence-corrected chi connectivity index (χ1v) is 9.13. The van der Waals surface area contributed by atoms with Crippen molar-refractivity contribution in [2.45, 2.75) is 65.2 Å². The molecule has 0 radical (unpaired) electrons. The van der Waals surface area contributed by atoms with Crippen molar-refractivity contribution in [3.8, 4) is 0 Å². The Morgan fingerprint density at radius 1 is 0.667 bits per heavy atom. The van der Waals surface area contributed by atoms with Gasteiger partial charge in [-0.3, -0.25) is 9.59 Å². The minimum absolute atomic E-state index is 0.182. The van der Waals surface area contributed by atoms with Gasteiger partial charge >= 0.3 is 11.9 Å². The quantitative estimate of drug-likeness (QED) is 0.358. The molecule has 0 aliphatic carbocycles.